The summed E-state index contributed by atoms with van der Waals surface area (Å²) in [5.41, 5.74) is 2.02. The maximum Gasteiger partial charge on any atom is 0.294 e. The Labute approximate surface area is 113 Å². The van der Waals surface area contributed by atoms with E-state index in [1.165, 1.54) is 24.3 Å². The molecule has 102 valence electrons. The van der Waals surface area contributed by atoms with Gasteiger partial charge in [0.25, 0.3) is 10.1 Å². The molecule has 0 amide bonds. The first-order valence-electron chi connectivity index (χ1n) is 5.57. The number of benzene rings is 2. The molecule has 0 spiro atoms. The van der Waals surface area contributed by atoms with Crippen molar-refractivity contribution in [1.82, 2.24) is 15.4 Å². The minimum Gasteiger partial charge on any atom is -0.505 e. The molecular formula is C12H9N3O4S. The van der Waals surface area contributed by atoms with Crippen molar-refractivity contribution in [3.63, 3.8) is 0 Å². The van der Waals surface area contributed by atoms with Crippen LogP contribution in [0.4, 0.5) is 0 Å². The summed E-state index contributed by atoms with van der Waals surface area (Å²) in [6.07, 6.45) is 0. The van der Waals surface area contributed by atoms with E-state index in [4.69, 9.17) is 4.55 Å². The molecule has 3 N–H and O–H groups in total. The summed E-state index contributed by atoms with van der Waals surface area (Å²) in [4.78, 5) is -0.205. The van der Waals surface area contributed by atoms with Crippen molar-refractivity contribution < 1.29 is 18.1 Å². The van der Waals surface area contributed by atoms with Crippen LogP contribution in [0, 0.1) is 0 Å². The first kappa shape index (κ1) is 12.6. The molecule has 0 radical (unpaired) electrons. The minimum atomic E-state index is -4.23. The smallest absolute Gasteiger partial charge is 0.294 e. The molecule has 0 saturated carbocycles. The van der Waals surface area contributed by atoms with Crippen LogP contribution in [0.5, 0.6) is 5.75 Å². The monoisotopic (exact) mass is 291 g/mol. The van der Waals surface area contributed by atoms with E-state index >= 15 is 0 Å². The fourth-order valence-corrected chi connectivity index (χ4v) is 2.42. The van der Waals surface area contributed by atoms with E-state index in [1.54, 1.807) is 12.1 Å². The van der Waals surface area contributed by atoms with Crippen LogP contribution >= 0.6 is 0 Å². The molecule has 20 heavy (non-hydrogen) atoms. The Balaban J connectivity index is 2.13. The predicted molar refractivity (Wildman–Crippen MR) is 70.8 cm³/mol. The third-order valence-electron chi connectivity index (χ3n) is 2.93. The van der Waals surface area contributed by atoms with Crippen LogP contribution in [0.25, 0.3) is 22.2 Å². The van der Waals surface area contributed by atoms with Crippen molar-refractivity contribution in [2.24, 2.45) is 0 Å². The molecule has 3 rings (SSSR count). The second-order valence-electron chi connectivity index (χ2n) is 4.17. The van der Waals surface area contributed by atoms with Crippen LogP contribution in [-0.4, -0.2) is 33.5 Å². The van der Waals surface area contributed by atoms with Crippen LogP contribution in [0.3, 0.4) is 0 Å². The van der Waals surface area contributed by atoms with E-state index in [9.17, 15) is 13.5 Å². The fourth-order valence-electron chi connectivity index (χ4n) is 1.94. The molecule has 2 aromatic carbocycles. The van der Waals surface area contributed by atoms with Gasteiger partial charge in [-0.05, 0) is 29.8 Å². The third kappa shape index (κ3) is 2.00. The molecule has 0 aliphatic heterocycles. The number of H-pyrrole nitrogens is 1. The Kier molecular flexibility index (Phi) is 2.70. The lowest BCUT2D eigenvalue weighted by Gasteiger charge is -2.05. The number of nitrogens with one attached hydrogen (secondary N) is 1. The summed E-state index contributed by atoms with van der Waals surface area (Å²) in [6, 6.07) is 8.88. The summed E-state index contributed by atoms with van der Waals surface area (Å²) in [7, 11) is -4.23. The molecule has 7 nitrogen and oxygen atoms in total. The van der Waals surface area contributed by atoms with Crippen molar-refractivity contribution in [2.45, 2.75) is 4.90 Å². The van der Waals surface area contributed by atoms with Crippen molar-refractivity contribution in [2.75, 3.05) is 0 Å². The lowest BCUT2D eigenvalue weighted by molar-refractivity contribution is 0.482. The van der Waals surface area contributed by atoms with E-state index in [0.29, 0.717) is 22.2 Å². The molecule has 0 fully saturated rings. The number of aromatic amines is 1. The van der Waals surface area contributed by atoms with Gasteiger partial charge in [0.15, 0.2) is 11.3 Å². The van der Waals surface area contributed by atoms with Crippen molar-refractivity contribution in [3.8, 4) is 16.9 Å². The number of rotatable bonds is 2. The van der Waals surface area contributed by atoms with E-state index in [1.807, 2.05) is 0 Å². The van der Waals surface area contributed by atoms with Gasteiger partial charge in [-0.15, -0.1) is 5.10 Å². The average molecular weight is 291 g/mol. The number of fused-ring (bicyclic) bond motifs is 1. The Morgan fingerprint density at radius 2 is 1.75 bits per heavy atom. The minimum absolute atomic E-state index is 0.0455. The number of aromatic nitrogens is 3. The Morgan fingerprint density at radius 1 is 1.05 bits per heavy atom. The number of hydrogen-bond donors (Lipinski definition) is 3. The van der Waals surface area contributed by atoms with E-state index in [0.717, 1.165) is 0 Å². The van der Waals surface area contributed by atoms with Gasteiger partial charge < -0.3 is 5.11 Å². The highest BCUT2D eigenvalue weighted by Crippen LogP contribution is 2.34. The number of aromatic hydroxyl groups is 1. The molecule has 0 unspecified atom stereocenters. The normalized spacial score (nSPS) is 11.8. The highest BCUT2D eigenvalue weighted by atomic mass is 32.2. The SMILES string of the molecule is O=S(=O)(O)c1ccc(-c2ccc3[nH]nnc3c2O)cc1. The first-order chi connectivity index (χ1) is 9.47. The average Bonchev–Trinajstić information content (AvgIpc) is 2.88. The molecule has 0 atom stereocenters. The number of phenols is 1. The molecule has 0 bridgehead atoms. The Hall–Kier alpha value is -2.45. The summed E-state index contributed by atoms with van der Waals surface area (Å²) in [5.74, 6) is -0.0455. The van der Waals surface area contributed by atoms with Crippen molar-refractivity contribution >= 4 is 21.2 Å². The van der Waals surface area contributed by atoms with Gasteiger partial charge in [-0.25, -0.2) is 0 Å². The van der Waals surface area contributed by atoms with Gasteiger partial charge in [-0.3, -0.25) is 9.65 Å². The van der Waals surface area contributed by atoms with Crippen molar-refractivity contribution in [3.05, 3.63) is 36.4 Å². The molecule has 8 heteroatoms. The standard InChI is InChI=1S/C12H9N3O4S/c16-12-9(5-6-10-11(12)14-15-13-10)7-1-3-8(4-2-7)20(17,18)19/h1-6,16H,(H,13,14,15)(H,17,18,19). The van der Waals surface area contributed by atoms with Gasteiger partial charge in [0.05, 0.1) is 10.4 Å². The summed E-state index contributed by atoms with van der Waals surface area (Å²) in [5, 5.41) is 20.1. The Morgan fingerprint density at radius 3 is 2.40 bits per heavy atom. The number of phenolic OH excluding ortho intramolecular Hbond substituents is 1. The molecule has 3 aromatic rings. The van der Waals surface area contributed by atoms with E-state index in [-0.39, 0.29) is 10.6 Å². The quantitative estimate of drug-likeness (QED) is 0.617. The second-order valence-corrected chi connectivity index (χ2v) is 5.59. The topological polar surface area (TPSA) is 116 Å². The van der Waals surface area contributed by atoms with Gasteiger partial charge >= 0.3 is 0 Å². The zero-order chi connectivity index (χ0) is 14.3. The van der Waals surface area contributed by atoms with E-state index < -0.39 is 10.1 Å². The Bertz CT molecular complexity index is 885. The number of hydrogen-bond acceptors (Lipinski definition) is 5. The molecule has 0 saturated heterocycles. The van der Waals surface area contributed by atoms with Crippen LogP contribution in [0.2, 0.25) is 0 Å². The van der Waals surface area contributed by atoms with Gasteiger partial charge in [-0.2, -0.15) is 8.42 Å². The molecular weight excluding hydrogens is 282 g/mol. The highest BCUT2D eigenvalue weighted by molar-refractivity contribution is 7.85. The van der Waals surface area contributed by atoms with Gasteiger partial charge in [0.2, 0.25) is 0 Å². The lowest BCUT2D eigenvalue weighted by Crippen LogP contribution is -1.97. The number of nitrogens with zero attached hydrogens (tertiary/aromatic N) is 2. The first-order valence-corrected chi connectivity index (χ1v) is 7.01. The second kappa shape index (κ2) is 4.29. The molecule has 0 aliphatic carbocycles. The highest BCUT2D eigenvalue weighted by Gasteiger charge is 2.13. The van der Waals surface area contributed by atoms with Crippen LogP contribution in [0.1, 0.15) is 0 Å². The third-order valence-corrected chi connectivity index (χ3v) is 3.80. The fraction of sp³-hybridized carbons (Fsp3) is 0. The van der Waals surface area contributed by atoms with Gasteiger partial charge in [-0.1, -0.05) is 17.3 Å². The maximum atomic E-state index is 11.0. The lowest BCUT2D eigenvalue weighted by atomic mass is 10.0. The summed E-state index contributed by atoms with van der Waals surface area (Å²) < 4.78 is 30.9. The van der Waals surface area contributed by atoms with E-state index in [2.05, 4.69) is 15.4 Å². The van der Waals surface area contributed by atoms with Crippen molar-refractivity contribution in [1.29, 1.82) is 0 Å². The predicted octanol–water partition coefficient (Wildman–Crippen LogP) is 1.58. The van der Waals surface area contributed by atoms with Crippen LogP contribution in [0.15, 0.2) is 41.3 Å². The van der Waals surface area contributed by atoms with Gasteiger partial charge in [0.1, 0.15) is 0 Å². The molecule has 0 aliphatic rings. The molecule has 1 aromatic heterocycles. The zero-order valence-electron chi connectivity index (χ0n) is 9.98. The zero-order valence-corrected chi connectivity index (χ0v) is 10.8. The summed E-state index contributed by atoms with van der Waals surface area (Å²) >= 11 is 0. The largest absolute Gasteiger partial charge is 0.505 e. The maximum absolute atomic E-state index is 11.0. The van der Waals surface area contributed by atoms with Gasteiger partial charge in [0, 0.05) is 5.56 Å². The van der Waals surface area contributed by atoms with Crippen LogP contribution in [-0.2, 0) is 10.1 Å². The molecule has 1 heterocycles. The van der Waals surface area contributed by atoms with Crippen LogP contribution < -0.4 is 0 Å². The summed E-state index contributed by atoms with van der Waals surface area (Å²) in [6.45, 7) is 0.